The molecule has 2 heteroatoms. The van der Waals surface area contributed by atoms with Crippen LogP contribution in [0.1, 0.15) is 25.0 Å². The Morgan fingerprint density at radius 3 is 2.33 bits per heavy atom. The molecular weight excluding hydrogens is 184 g/mol. The van der Waals surface area contributed by atoms with Gasteiger partial charge in [0.25, 0.3) is 0 Å². The molecule has 0 aromatic heterocycles. The summed E-state index contributed by atoms with van der Waals surface area (Å²) in [7, 11) is 2.12. The normalized spacial score (nSPS) is 10.7. The Bertz CT molecular complexity index is 333. The summed E-state index contributed by atoms with van der Waals surface area (Å²) in [5, 5.41) is 8.67. The summed E-state index contributed by atoms with van der Waals surface area (Å²) >= 11 is 0. The Morgan fingerprint density at radius 1 is 1.27 bits per heavy atom. The highest BCUT2D eigenvalue weighted by Crippen LogP contribution is 2.07. The Balaban J connectivity index is 2.54. The fourth-order valence-corrected chi connectivity index (χ4v) is 1.68. The van der Waals surface area contributed by atoms with Crippen LogP contribution in [0.3, 0.4) is 0 Å². The maximum atomic E-state index is 8.67. The highest BCUT2D eigenvalue weighted by molar-refractivity contribution is 5.31. The van der Waals surface area contributed by atoms with Crippen molar-refractivity contribution in [2.45, 2.75) is 20.4 Å². The van der Waals surface area contributed by atoms with Crippen LogP contribution in [0.25, 0.3) is 0 Å². The second-order valence-electron chi connectivity index (χ2n) is 4.40. The van der Waals surface area contributed by atoms with Crippen molar-refractivity contribution in [3.63, 3.8) is 0 Å². The van der Waals surface area contributed by atoms with Crippen LogP contribution in [0.4, 0.5) is 0 Å². The number of nitriles is 1. The standard InChI is InChI=1S/C13H18N2/c1-11(2)9-15(3)10-13-6-4-12(8-14)5-7-13/h4-7,11H,9-10H2,1-3H3. The zero-order valence-electron chi connectivity index (χ0n) is 9.70. The lowest BCUT2D eigenvalue weighted by atomic mass is 10.1. The minimum atomic E-state index is 0.688. The lowest BCUT2D eigenvalue weighted by Gasteiger charge is -2.18. The van der Waals surface area contributed by atoms with Crippen molar-refractivity contribution in [3.05, 3.63) is 35.4 Å². The zero-order valence-corrected chi connectivity index (χ0v) is 9.70. The molecule has 15 heavy (non-hydrogen) atoms. The molecule has 80 valence electrons. The van der Waals surface area contributed by atoms with Gasteiger partial charge in [-0.05, 0) is 30.7 Å². The smallest absolute Gasteiger partial charge is 0.0991 e. The van der Waals surface area contributed by atoms with E-state index in [1.165, 1.54) is 5.56 Å². The molecule has 0 bridgehead atoms. The fourth-order valence-electron chi connectivity index (χ4n) is 1.68. The third kappa shape index (κ3) is 4.14. The first-order valence-electron chi connectivity index (χ1n) is 5.29. The summed E-state index contributed by atoms with van der Waals surface area (Å²) in [6, 6.07) is 9.92. The Morgan fingerprint density at radius 2 is 1.87 bits per heavy atom. The number of benzene rings is 1. The largest absolute Gasteiger partial charge is 0.302 e. The van der Waals surface area contributed by atoms with E-state index in [1.54, 1.807) is 0 Å². The van der Waals surface area contributed by atoms with Crippen molar-refractivity contribution in [2.75, 3.05) is 13.6 Å². The molecule has 0 amide bonds. The summed E-state index contributed by atoms with van der Waals surface area (Å²) in [6.07, 6.45) is 0. The van der Waals surface area contributed by atoms with Gasteiger partial charge in [0, 0.05) is 13.1 Å². The van der Waals surface area contributed by atoms with E-state index >= 15 is 0 Å². The summed E-state index contributed by atoms with van der Waals surface area (Å²) < 4.78 is 0. The summed E-state index contributed by atoms with van der Waals surface area (Å²) in [5.74, 6) is 0.688. The van der Waals surface area contributed by atoms with E-state index in [9.17, 15) is 0 Å². The van der Waals surface area contributed by atoms with Crippen LogP contribution in [-0.4, -0.2) is 18.5 Å². The van der Waals surface area contributed by atoms with Gasteiger partial charge in [-0.2, -0.15) is 5.26 Å². The average Bonchev–Trinajstić information content (AvgIpc) is 2.17. The second kappa shape index (κ2) is 5.53. The van der Waals surface area contributed by atoms with E-state index in [1.807, 2.05) is 24.3 Å². The van der Waals surface area contributed by atoms with Gasteiger partial charge in [-0.25, -0.2) is 0 Å². The van der Waals surface area contributed by atoms with E-state index in [0.29, 0.717) is 5.92 Å². The van der Waals surface area contributed by atoms with E-state index in [-0.39, 0.29) is 0 Å². The molecule has 0 spiro atoms. The molecule has 0 N–H and O–H groups in total. The first-order chi connectivity index (χ1) is 7.11. The van der Waals surface area contributed by atoms with Crippen LogP contribution in [0.5, 0.6) is 0 Å². The minimum absolute atomic E-state index is 0.688. The van der Waals surface area contributed by atoms with Crippen LogP contribution < -0.4 is 0 Å². The highest BCUT2D eigenvalue weighted by atomic mass is 15.1. The molecule has 1 rings (SSSR count). The van der Waals surface area contributed by atoms with Gasteiger partial charge < -0.3 is 4.90 Å². The van der Waals surface area contributed by atoms with Crippen molar-refractivity contribution in [2.24, 2.45) is 5.92 Å². The minimum Gasteiger partial charge on any atom is -0.302 e. The number of hydrogen-bond donors (Lipinski definition) is 0. The quantitative estimate of drug-likeness (QED) is 0.750. The van der Waals surface area contributed by atoms with E-state index in [2.05, 4.69) is 31.9 Å². The van der Waals surface area contributed by atoms with Gasteiger partial charge in [0.1, 0.15) is 0 Å². The third-order valence-corrected chi connectivity index (χ3v) is 2.21. The molecule has 1 aromatic carbocycles. The number of rotatable bonds is 4. The van der Waals surface area contributed by atoms with Gasteiger partial charge in [-0.15, -0.1) is 0 Å². The molecule has 0 aliphatic rings. The van der Waals surface area contributed by atoms with Crippen LogP contribution in [0.2, 0.25) is 0 Å². The van der Waals surface area contributed by atoms with Crippen LogP contribution in [0.15, 0.2) is 24.3 Å². The van der Waals surface area contributed by atoms with Crippen molar-refractivity contribution in [1.29, 1.82) is 5.26 Å². The summed E-state index contributed by atoms with van der Waals surface area (Å²) in [5.41, 5.74) is 1.99. The molecule has 1 aromatic rings. The van der Waals surface area contributed by atoms with Crippen LogP contribution in [-0.2, 0) is 6.54 Å². The van der Waals surface area contributed by atoms with Gasteiger partial charge in [-0.1, -0.05) is 26.0 Å². The van der Waals surface area contributed by atoms with Gasteiger partial charge in [0.15, 0.2) is 0 Å². The number of hydrogen-bond acceptors (Lipinski definition) is 2. The first kappa shape index (κ1) is 11.7. The Hall–Kier alpha value is -1.33. The monoisotopic (exact) mass is 202 g/mol. The lowest BCUT2D eigenvalue weighted by Crippen LogP contribution is -2.22. The molecule has 0 saturated heterocycles. The highest BCUT2D eigenvalue weighted by Gasteiger charge is 2.02. The van der Waals surface area contributed by atoms with Gasteiger partial charge in [0.05, 0.1) is 11.6 Å². The Labute approximate surface area is 92.1 Å². The molecule has 0 fully saturated rings. The van der Waals surface area contributed by atoms with E-state index < -0.39 is 0 Å². The second-order valence-corrected chi connectivity index (χ2v) is 4.40. The van der Waals surface area contributed by atoms with Gasteiger partial charge in [-0.3, -0.25) is 0 Å². The maximum absolute atomic E-state index is 8.67. The predicted octanol–water partition coefficient (Wildman–Crippen LogP) is 2.65. The predicted molar refractivity (Wildman–Crippen MR) is 62.3 cm³/mol. The van der Waals surface area contributed by atoms with Gasteiger partial charge in [0.2, 0.25) is 0 Å². The molecule has 0 aliphatic carbocycles. The third-order valence-electron chi connectivity index (χ3n) is 2.21. The van der Waals surface area contributed by atoms with Crippen molar-refractivity contribution in [3.8, 4) is 6.07 Å². The molecule has 0 unspecified atom stereocenters. The SMILES string of the molecule is CC(C)CN(C)Cc1ccc(C#N)cc1. The zero-order chi connectivity index (χ0) is 11.3. The maximum Gasteiger partial charge on any atom is 0.0991 e. The molecule has 0 atom stereocenters. The van der Waals surface area contributed by atoms with Gasteiger partial charge >= 0.3 is 0 Å². The summed E-state index contributed by atoms with van der Waals surface area (Å²) in [4.78, 5) is 2.30. The van der Waals surface area contributed by atoms with E-state index in [4.69, 9.17) is 5.26 Å². The fraction of sp³-hybridized carbons (Fsp3) is 0.462. The lowest BCUT2D eigenvalue weighted by molar-refractivity contribution is 0.288. The van der Waals surface area contributed by atoms with Crippen molar-refractivity contribution < 1.29 is 0 Å². The summed E-state index contributed by atoms with van der Waals surface area (Å²) in [6.45, 7) is 6.48. The van der Waals surface area contributed by atoms with Crippen molar-refractivity contribution >= 4 is 0 Å². The van der Waals surface area contributed by atoms with E-state index in [0.717, 1.165) is 18.7 Å². The first-order valence-corrected chi connectivity index (χ1v) is 5.29. The molecule has 0 aliphatic heterocycles. The average molecular weight is 202 g/mol. The Kier molecular flexibility index (Phi) is 4.33. The number of nitrogens with zero attached hydrogens (tertiary/aromatic N) is 2. The van der Waals surface area contributed by atoms with Crippen LogP contribution >= 0.6 is 0 Å². The molecular formula is C13H18N2. The van der Waals surface area contributed by atoms with Crippen molar-refractivity contribution in [1.82, 2.24) is 4.90 Å². The molecule has 0 heterocycles. The molecule has 0 saturated carbocycles. The molecule has 0 radical (unpaired) electrons. The topological polar surface area (TPSA) is 27.0 Å². The molecule has 2 nitrogen and oxygen atoms in total. The van der Waals surface area contributed by atoms with Crippen LogP contribution in [0, 0.1) is 17.2 Å².